The first kappa shape index (κ1) is 22.6. The number of hydrogen-bond acceptors (Lipinski definition) is 6. The van der Waals surface area contributed by atoms with Gasteiger partial charge >= 0.3 is 31.3 Å². The van der Waals surface area contributed by atoms with Crippen molar-refractivity contribution in [2.75, 3.05) is 0 Å². The van der Waals surface area contributed by atoms with Crippen molar-refractivity contribution < 1.29 is 51.5 Å². The van der Waals surface area contributed by atoms with E-state index in [1.54, 1.807) is 0 Å². The van der Waals surface area contributed by atoms with Crippen LogP contribution in [0.25, 0.3) is 10.8 Å². The molecule has 0 aliphatic rings. The molecule has 0 aliphatic heterocycles. The van der Waals surface area contributed by atoms with E-state index in [0.717, 1.165) is 24.3 Å². The highest BCUT2D eigenvalue weighted by Gasteiger charge is 2.49. The second-order valence-electron chi connectivity index (χ2n) is 4.82. The van der Waals surface area contributed by atoms with Crippen molar-refractivity contribution >= 4 is 54.2 Å². The lowest BCUT2D eigenvalue weighted by atomic mass is 10.1. The van der Waals surface area contributed by atoms with Crippen molar-refractivity contribution in [3.05, 3.63) is 34.3 Å². The number of fused-ring (bicyclic) bond motifs is 1. The maximum absolute atomic E-state index is 12.4. The minimum atomic E-state index is -6.12. The molecule has 0 fully saturated rings. The Bertz CT molecular complexity index is 1060. The van der Waals surface area contributed by atoms with Gasteiger partial charge in [-0.25, -0.2) is 0 Å². The molecule has 6 nitrogen and oxygen atoms in total. The van der Waals surface area contributed by atoms with Gasteiger partial charge in [0, 0.05) is 5.39 Å². The van der Waals surface area contributed by atoms with E-state index in [1.807, 2.05) is 0 Å². The van der Waals surface area contributed by atoms with Crippen LogP contribution in [-0.4, -0.2) is 27.9 Å². The van der Waals surface area contributed by atoms with Crippen LogP contribution < -0.4 is 8.37 Å². The van der Waals surface area contributed by atoms with Crippen molar-refractivity contribution in [3.63, 3.8) is 0 Å². The maximum atomic E-state index is 12.4. The van der Waals surface area contributed by atoms with E-state index in [0.29, 0.717) is 0 Å². The standard InChI is InChI=1S/C12H4Cl2F6O6S2/c13-9-6(25-27(21,22)11(15,16)17)3-1-5-2-4-7(10(14)8(5)9)26-28(23,24)12(18,19)20/h1-4H. The molecule has 0 saturated heterocycles. The predicted molar refractivity (Wildman–Crippen MR) is 85.2 cm³/mol. The van der Waals surface area contributed by atoms with Gasteiger partial charge in [0.1, 0.15) is 0 Å². The SMILES string of the molecule is O=S(=O)(Oc1ccc2ccc(OS(=O)(=O)C(F)(F)F)c(Cl)c2c1Cl)C(F)(F)F. The molecule has 0 unspecified atom stereocenters. The number of benzene rings is 2. The molecule has 0 aromatic heterocycles. The molecule has 2 aromatic carbocycles. The molecule has 16 heteroatoms. The van der Waals surface area contributed by atoms with Gasteiger partial charge in [0.2, 0.25) is 0 Å². The normalized spacial score (nSPS) is 13.6. The summed E-state index contributed by atoms with van der Waals surface area (Å²) in [7, 11) is -12.2. The van der Waals surface area contributed by atoms with Gasteiger partial charge in [-0.15, -0.1) is 0 Å². The molecule has 0 spiro atoms. The Balaban J connectivity index is 2.62. The molecule has 0 atom stereocenters. The fourth-order valence-corrected chi connectivity index (χ4v) is 3.45. The van der Waals surface area contributed by atoms with Crippen LogP contribution in [0.15, 0.2) is 24.3 Å². The van der Waals surface area contributed by atoms with E-state index < -0.39 is 58.2 Å². The first-order chi connectivity index (χ1) is 12.5. The monoisotopic (exact) mass is 492 g/mol. The molecule has 0 heterocycles. The Labute approximate surface area is 162 Å². The molecule has 2 aromatic rings. The average molecular weight is 493 g/mol. The summed E-state index contributed by atoms with van der Waals surface area (Å²) in [5.74, 6) is -2.10. The summed E-state index contributed by atoms with van der Waals surface area (Å²) in [5, 5.41) is -2.19. The Kier molecular flexibility index (Phi) is 5.66. The summed E-state index contributed by atoms with van der Waals surface area (Å²) in [6.45, 7) is 0. The molecule has 0 N–H and O–H groups in total. The molecule has 0 aliphatic carbocycles. The summed E-state index contributed by atoms with van der Waals surface area (Å²) < 4.78 is 127. The van der Waals surface area contributed by atoms with Crippen molar-refractivity contribution in [2.45, 2.75) is 11.0 Å². The van der Waals surface area contributed by atoms with Crippen LogP contribution in [-0.2, 0) is 20.2 Å². The smallest absolute Gasteiger partial charge is 0.374 e. The van der Waals surface area contributed by atoms with Gasteiger partial charge in [0.05, 0.1) is 10.0 Å². The number of hydrogen-bond donors (Lipinski definition) is 0. The van der Waals surface area contributed by atoms with Crippen LogP contribution in [0.3, 0.4) is 0 Å². The second-order valence-corrected chi connectivity index (χ2v) is 8.65. The fraction of sp³-hybridized carbons (Fsp3) is 0.167. The number of alkyl halides is 6. The van der Waals surface area contributed by atoms with Crippen LogP contribution in [0, 0.1) is 0 Å². The minimum Gasteiger partial charge on any atom is -0.374 e. The van der Waals surface area contributed by atoms with Crippen LogP contribution in [0.5, 0.6) is 11.5 Å². The highest BCUT2D eigenvalue weighted by molar-refractivity contribution is 7.88. The van der Waals surface area contributed by atoms with Gasteiger partial charge in [-0.05, 0) is 17.5 Å². The lowest BCUT2D eigenvalue weighted by Crippen LogP contribution is -2.28. The largest absolute Gasteiger partial charge is 0.534 e. The lowest BCUT2D eigenvalue weighted by molar-refractivity contribution is -0.0504. The molecule has 2 rings (SSSR count). The van der Waals surface area contributed by atoms with Gasteiger partial charge in [-0.3, -0.25) is 0 Å². The summed E-state index contributed by atoms with van der Waals surface area (Å²) in [5.41, 5.74) is -11.6. The lowest BCUT2D eigenvalue weighted by Gasteiger charge is -2.14. The Hall–Kier alpha value is -1.64. The van der Waals surface area contributed by atoms with Crippen molar-refractivity contribution in [1.82, 2.24) is 0 Å². The molecule has 0 saturated carbocycles. The molecule has 0 bridgehead atoms. The zero-order valence-electron chi connectivity index (χ0n) is 12.6. The van der Waals surface area contributed by atoms with E-state index >= 15 is 0 Å². The van der Waals surface area contributed by atoms with Crippen molar-refractivity contribution in [1.29, 1.82) is 0 Å². The van der Waals surface area contributed by atoms with E-state index in [2.05, 4.69) is 8.37 Å². The summed E-state index contributed by atoms with van der Waals surface area (Å²) in [6, 6.07) is 3.43. The zero-order chi connectivity index (χ0) is 21.7. The Morgan fingerprint density at radius 1 is 0.679 bits per heavy atom. The first-order valence-electron chi connectivity index (χ1n) is 6.40. The van der Waals surface area contributed by atoms with Gasteiger partial charge < -0.3 is 8.37 Å². The maximum Gasteiger partial charge on any atom is 0.534 e. The van der Waals surface area contributed by atoms with Crippen LogP contribution in [0.1, 0.15) is 0 Å². The molecule has 0 amide bonds. The third-order valence-corrected chi connectivity index (χ3v) is 5.64. The van der Waals surface area contributed by atoms with Crippen LogP contribution >= 0.6 is 23.2 Å². The average Bonchev–Trinajstić information content (AvgIpc) is 2.50. The summed E-state index contributed by atoms with van der Waals surface area (Å²) in [6.07, 6.45) is 0. The number of rotatable bonds is 4. The Morgan fingerprint density at radius 3 is 1.29 bits per heavy atom. The fourth-order valence-electron chi connectivity index (χ4n) is 1.76. The molecule has 0 radical (unpaired) electrons. The van der Waals surface area contributed by atoms with Gasteiger partial charge in [-0.2, -0.15) is 43.2 Å². The summed E-state index contributed by atoms with van der Waals surface area (Å²) >= 11 is 11.5. The summed E-state index contributed by atoms with van der Waals surface area (Å²) in [4.78, 5) is 0. The van der Waals surface area contributed by atoms with Crippen LogP contribution in [0.2, 0.25) is 10.0 Å². The molecular formula is C12H4Cl2F6O6S2. The Morgan fingerprint density at radius 2 is 1.00 bits per heavy atom. The number of halogens is 8. The van der Waals surface area contributed by atoms with E-state index in [4.69, 9.17) is 23.2 Å². The quantitative estimate of drug-likeness (QED) is 0.352. The van der Waals surface area contributed by atoms with E-state index in [-0.39, 0.29) is 5.39 Å². The van der Waals surface area contributed by atoms with Crippen molar-refractivity contribution in [3.8, 4) is 11.5 Å². The highest BCUT2D eigenvalue weighted by Crippen LogP contribution is 2.43. The first-order valence-corrected chi connectivity index (χ1v) is 9.97. The topological polar surface area (TPSA) is 86.7 Å². The van der Waals surface area contributed by atoms with Gasteiger partial charge in [-0.1, -0.05) is 35.3 Å². The third-order valence-electron chi connectivity index (χ3n) is 2.95. The molecule has 156 valence electrons. The van der Waals surface area contributed by atoms with E-state index in [9.17, 15) is 43.2 Å². The molecule has 28 heavy (non-hydrogen) atoms. The van der Waals surface area contributed by atoms with Crippen LogP contribution in [0.4, 0.5) is 26.3 Å². The minimum absolute atomic E-state index is 0.00325. The van der Waals surface area contributed by atoms with E-state index in [1.165, 1.54) is 0 Å². The third kappa shape index (κ3) is 4.18. The second kappa shape index (κ2) is 7.00. The van der Waals surface area contributed by atoms with Crippen molar-refractivity contribution in [2.24, 2.45) is 0 Å². The zero-order valence-corrected chi connectivity index (χ0v) is 15.7. The highest BCUT2D eigenvalue weighted by atomic mass is 35.5. The molecular weight excluding hydrogens is 489 g/mol. The predicted octanol–water partition coefficient (Wildman–Crippen LogP) is 4.60. The van der Waals surface area contributed by atoms with Gasteiger partial charge in [0.25, 0.3) is 0 Å². The van der Waals surface area contributed by atoms with Gasteiger partial charge in [0.15, 0.2) is 11.5 Å².